The Morgan fingerprint density at radius 1 is 1.36 bits per heavy atom. The molecular weight excluding hydrogens is 478 g/mol. The molecule has 0 spiro atoms. The van der Waals surface area contributed by atoms with Crippen LogP contribution in [0, 0.1) is 5.92 Å². The average Bonchev–Trinajstić information content (AvgIpc) is 2.10. The molecule has 0 unspecified atom stereocenters. The first kappa shape index (κ1) is 14.9. The molecule has 82 valence electrons. The van der Waals surface area contributed by atoms with Crippen molar-refractivity contribution in [2.45, 2.75) is 13.8 Å². The van der Waals surface area contributed by atoms with Crippen molar-refractivity contribution in [3.63, 3.8) is 0 Å². The SMILES string of the molecule is CC(C)COC(=O)OC/C(I)=C(\Br)I. The van der Waals surface area contributed by atoms with Gasteiger partial charge in [0.2, 0.25) is 0 Å². The summed E-state index contributed by atoms with van der Waals surface area (Å²) in [7, 11) is 0. The van der Waals surface area contributed by atoms with Crippen LogP contribution >= 0.6 is 61.1 Å². The third-order valence-corrected chi connectivity index (χ3v) is 4.81. The molecule has 14 heavy (non-hydrogen) atoms. The van der Waals surface area contributed by atoms with Gasteiger partial charge >= 0.3 is 6.16 Å². The highest BCUT2D eigenvalue weighted by Crippen LogP contribution is 2.24. The average molecular weight is 489 g/mol. The molecule has 0 bridgehead atoms. The quantitative estimate of drug-likeness (QED) is 0.439. The number of ether oxygens (including phenoxy) is 2. The lowest BCUT2D eigenvalue weighted by molar-refractivity contribution is 0.0548. The summed E-state index contributed by atoms with van der Waals surface area (Å²) in [4.78, 5) is 11.0. The van der Waals surface area contributed by atoms with E-state index in [0.29, 0.717) is 12.5 Å². The minimum Gasteiger partial charge on any atom is -0.434 e. The smallest absolute Gasteiger partial charge is 0.434 e. The molecular formula is C8H11BrI2O3. The van der Waals surface area contributed by atoms with Crippen molar-refractivity contribution in [2.75, 3.05) is 13.2 Å². The second kappa shape index (κ2) is 8.14. The summed E-state index contributed by atoms with van der Waals surface area (Å²) in [5.41, 5.74) is 0. The standard InChI is InChI=1S/C8H11BrI2O3/c1-5(2)3-13-8(12)14-4-6(10)7(9)11/h5H,3-4H2,1-2H3/b7-6-. The van der Waals surface area contributed by atoms with Crippen molar-refractivity contribution in [3.8, 4) is 0 Å². The molecule has 0 radical (unpaired) electrons. The van der Waals surface area contributed by atoms with E-state index in [0.717, 1.165) is 6.07 Å². The van der Waals surface area contributed by atoms with Crippen LogP contribution in [0.3, 0.4) is 0 Å². The lowest BCUT2D eigenvalue weighted by Gasteiger charge is -2.07. The van der Waals surface area contributed by atoms with Crippen LogP contribution in [0.2, 0.25) is 0 Å². The maximum atomic E-state index is 11.0. The van der Waals surface area contributed by atoms with E-state index in [9.17, 15) is 4.79 Å². The third-order valence-electron chi connectivity index (χ3n) is 1.06. The van der Waals surface area contributed by atoms with E-state index in [2.05, 4.69) is 61.1 Å². The molecule has 0 saturated carbocycles. The highest BCUT2D eigenvalue weighted by molar-refractivity contribution is 14.1. The molecule has 0 aliphatic heterocycles. The predicted octanol–water partition coefficient (Wildman–Crippen LogP) is 4.23. The minimum absolute atomic E-state index is 0.251. The van der Waals surface area contributed by atoms with E-state index >= 15 is 0 Å². The maximum absolute atomic E-state index is 11.0. The Labute approximate surface area is 119 Å². The van der Waals surface area contributed by atoms with E-state index in [1.807, 2.05) is 13.8 Å². The number of hydrogen-bond acceptors (Lipinski definition) is 3. The molecule has 0 atom stereocenters. The van der Waals surface area contributed by atoms with E-state index in [1.165, 1.54) is 0 Å². The number of halogens is 3. The van der Waals surface area contributed by atoms with Crippen molar-refractivity contribution >= 4 is 67.3 Å². The zero-order valence-corrected chi connectivity index (χ0v) is 13.8. The van der Waals surface area contributed by atoms with Gasteiger partial charge in [0.05, 0.1) is 9.10 Å². The lowest BCUT2D eigenvalue weighted by Crippen LogP contribution is -2.12. The highest BCUT2D eigenvalue weighted by atomic mass is 127. The minimum atomic E-state index is -0.613. The van der Waals surface area contributed by atoms with Crippen molar-refractivity contribution in [3.05, 3.63) is 6.07 Å². The molecule has 0 N–H and O–H groups in total. The van der Waals surface area contributed by atoms with Gasteiger partial charge in [-0.25, -0.2) is 4.79 Å². The molecule has 0 saturated heterocycles. The Morgan fingerprint density at radius 2 is 1.93 bits per heavy atom. The van der Waals surface area contributed by atoms with Gasteiger partial charge in [0.15, 0.2) is 0 Å². The fraction of sp³-hybridized carbons (Fsp3) is 0.625. The van der Waals surface area contributed by atoms with Crippen LogP contribution in [0.15, 0.2) is 6.07 Å². The number of carbonyl (C=O) groups excluding carboxylic acids is 1. The van der Waals surface area contributed by atoms with Crippen molar-refractivity contribution in [2.24, 2.45) is 5.92 Å². The zero-order valence-electron chi connectivity index (χ0n) is 7.85. The van der Waals surface area contributed by atoms with Crippen molar-refractivity contribution < 1.29 is 14.3 Å². The largest absolute Gasteiger partial charge is 0.508 e. The van der Waals surface area contributed by atoms with Crippen LogP contribution in [0.25, 0.3) is 0 Å². The molecule has 0 heterocycles. The van der Waals surface area contributed by atoms with Gasteiger partial charge < -0.3 is 9.47 Å². The van der Waals surface area contributed by atoms with E-state index < -0.39 is 6.16 Å². The maximum Gasteiger partial charge on any atom is 0.508 e. The van der Waals surface area contributed by atoms with Gasteiger partial charge in [-0.1, -0.05) is 13.8 Å². The van der Waals surface area contributed by atoms with Crippen LogP contribution in [-0.2, 0) is 9.47 Å². The first-order valence-corrected chi connectivity index (χ1v) is 6.87. The Balaban J connectivity index is 3.70. The zero-order chi connectivity index (χ0) is 11.1. The molecule has 0 fully saturated rings. The van der Waals surface area contributed by atoms with Crippen molar-refractivity contribution in [1.82, 2.24) is 0 Å². The Kier molecular flexibility index (Phi) is 8.70. The second-order valence-corrected chi connectivity index (χ2v) is 7.57. The molecule has 0 aromatic heterocycles. The van der Waals surface area contributed by atoms with E-state index in [1.54, 1.807) is 0 Å². The molecule has 0 amide bonds. The summed E-state index contributed by atoms with van der Waals surface area (Å²) >= 11 is 7.48. The second-order valence-electron chi connectivity index (χ2n) is 2.91. The van der Waals surface area contributed by atoms with Crippen LogP contribution in [0.4, 0.5) is 4.79 Å². The molecule has 0 aromatic carbocycles. The van der Waals surface area contributed by atoms with Gasteiger partial charge in [0, 0.05) is 3.58 Å². The Bertz CT molecular complexity index is 225. The summed E-state index contributed by atoms with van der Waals surface area (Å²) in [5, 5.41) is 0. The summed E-state index contributed by atoms with van der Waals surface area (Å²) in [6, 6.07) is 0. The third kappa shape index (κ3) is 8.27. The predicted molar refractivity (Wildman–Crippen MR) is 76.1 cm³/mol. The Hall–Kier alpha value is 0.950. The first-order valence-electron chi connectivity index (χ1n) is 3.92. The number of carbonyl (C=O) groups is 1. The number of hydrogen-bond donors (Lipinski definition) is 0. The van der Waals surface area contributed by atoms with Crippen LogP contribution in [0.1, 0.15) is 13.8 Å². The van der Waals surface area contributed by atoms with Crippen molar-refractivity contribution in [1.29, 1.82) is 0 Å². The van der Waals surface area contributed by atoms with Crippen LogP contribution in [-0.4, -0.2) is 19.4 Å². The van der Waals surface area contributed by atoms with Crippen LogP contribution in [0.5, 0.6) is 0 Å². The van der Waals surface area contributed by atoms with Gasteiger partial charge in [-0.2, -0.15) is 0 Å². The molecule has 6 heteroatoms. The van der Waals surface area contributed by atoms with Gasteiger partial charge in [-0.3, -0.25) is 0 Å². The summed E-state index contributed by atoms with van der Waals surface area (Å²) in [5.74, 6) is 0.327. The van der Waals surface area contributed by atoms with Crippen LogP contribution < -0.4 is 0 Å². The molecule has 0 aromatic rings. The van der Waals surface area contributed by atoms with Gasteiger partial charge in [-0.15, -0.1) is 0 Å². The lowest BCUT2D eigenvalue weighted by atomic mass is 10.2. The normalized spacial score (nSPS) is 12.4. The molecule has 0 aliphatic carbocycles. The number of rotatable bonds is 4. The molecule has 3 nitrogen and oxygen atoms in total. The highest BCUT2D eigenvalue weighted by Gasteiger charge is 2.07. The van der Waals surface area contributed by atoms with Gasteiger partial charge in [-0.05, 0) is 67.0 Å². The topological polar surface area (TPSA) is 35.5 Å². The summed E-state index contributed by atoms with van der Waals surface area (Å²) < 4.78 is 11.6. The molecule has 0 rings (SSSR count). The fourth-order valence-corrected chi connectivity index (χ4v) is 0.879. The Morgan fingerprint density at radius 3 is 2.36 bits per heavy atom. The summed E-state index contributed by atoms with van der Waals surface area (Å²) in [6.07, 6.45) is -0.613. The van der Waals surface area contributed by atoms with E-state index in [4.69, 9.17) is 9.47 Å². The first-order chi connectivity index (χ1) is 6.43. The molecule has 0 aliphatic rings. The fourth-order valence-electron chi connectivity index (χ4n) is 0.453. The van der Waals surface area contributed by atoms with E-state index in [-0.39, 0.29) is 6.61 Å². The summed E-state index contributed by atoms with van der Waals surface area (Å²) in [6.45, 7) is 4.59. The van der Waals surface area contributed by atoms with Gasteiger partial charge in [0.1, 0.15) is 6.61 Å². The monoisotopic (exact) mass is 488 g/mol. The van der Waals surface area contributed by atoms with Gasteiger partial charge in [0.25, 0.3) is 0 Å².